The van der Waals surface area contributed by atoms with Gasteiger partial charge < -0.3 is 5.32 Å². The third kappa shape index (κ3) is 3.48. The Morgan fingerprint density at radius 3 is 2.63 bits per heavy atom. The third-order valence-corrected chi connectivity index (χ3v) is 3.71. The van der Waals surface area contributed by atoms with E-state index in [4.69, 9.17) is 11.6 Å². The van der Waals surface area contributed by atoms with Crippen molar-refractivity contribution in [2.75, 3.05) is 5.32 Å². The van der Waals surface area contributed by atoms with Gasteiger partial charge in [-0.05, 0) is 55.8 Å². The molecule has 0 heterocycles. The molecule has 4 heteroatoms. The zero-order valence-corrected chi connectivity index (χ0v) is 13.0. The summed E-state index contributed by atoms with van der Waals surface area (Å²) in [4.78, 5) is 0. The summed E-state index contributed by atoms with van der Waals surface area (Å²) in [6.45, 7) is 3.90. The standard InChI is InChI=1S/C15H14BrClFN/c1-9-7-12(17)4-6-15(9)19-10(2)13-8-11(16)3-5-14(13)18/h3-8,10,19H,1-2H3. The Bertz CT molecular complexity index is 601. The lowest BCUT2D eigenvalue weighted by Crippen LogP contribution is -2.09. The van der Waals surface area contributed by atoms with Crippen LogP contribution in [-0.4, -0.2) is 0 Å². The van der Waals surface area contributed by atoms with Crippen LogP contribution in [-0.2, 0) is 0 Å². The molecule has 0 saturated heterocycles. The zero-order valence-electron chi connectivity index (χ0n) is 10.7. The molecule has 0 radical (unpaired) electrons. The van der Waals surface area contributed by atoms with Crippen LogP contribution in [0.3, 0.4) is 0 Å². The normalized spacial score (nSPS) is 12.3. The second kappa shape index (κ2) is 5.93. The van der Waals surface area contributed by atoms with Gasteiger partial charge in [-0.25, -0.2) is 4.39 Å². The molecule has 0 aliphatic heterocycles. The summed E-state index contributed by atoms with van der Waals surface area (Å²) in [5, 5.41) is 4.00. The van der Waals surface area contributed by atoms with E-state index in [0.717, 1.165) is 15.7 Å². The van der Waals surface area contributed by atoms with Gasteiger partial charge in [0.05, 0.1) is 6.04 Å². The van der Waals surface area contributed by atoms with Gasteiger partial charge in [0.25, 0.3) is 0 Å². The van der Waals surface area contributed by atoms with Crippen LogP contribution in [0, 0.1) is 12.7 Å². The Hall–Kier alpha value is -1.06. The van der Waals surface area contributed by atoms with Crippen LogP contribution in [0.1, 0.15) is 24.1 Å². The number of hydrogen-bond acceptors (Lipinski definition) is 1. The van der Waals surface area contributed by atoms with Gasteiger partial charge in [-0.1, -0.05) is 27.5 Å². The van der Waals surface area contributed by atoms with Crippen LogP contribution in [0.2, 0.25) is 5.02 Å². The van der Waals surface area contributed by atoms with Crippen molar-refractivity contribution < 1.29 is 4.39 Å². The van der Waals surface area contributed by atoms with Crippen LogP contribution >= 0.6 is 27.5 Å². The monoisotopic (exact) mass is 341 g/mol. The van der Waals surface area contributed by atoms with Crippen molar-refractivity contribution in [3.8, 4) is 0 Å². The van der Waals surface area contributed by atoms with E-state index in [1.54, 1.807) is 12.1 Å². The van der Waals surface area contributed by atoms with E-state index in [1.165, 1.54) is 6.07 Å². The first-order valence-corrected chi connectivity index (χ1v) is 7.12. The van der Waals surface area contributed by atoms with Crippen molar-refractivity contribution in [1.29, 1.82) is 0 Å². The molecule has 0 saturated carbocycles. The van der Waals surface area contributed by atoms with Crippen molar-refractivity contribution in [2.45, 2.75) is 19.9 Å². The molecule has 0 aliphatic rings. The molecule has 1 nitrogen and oxygen atoms in total. The second-order valence-electron chi connectivity index (χ2n) is 4.49. The Morgan fingerprint density at radius 1 is 1.21 bits per heavy atom. The van der Waals surface area contributed by atoms with Crippen molar-refractivity contribution in [1.82, 2.24) is 0 Å². The van der Waals surface area contributed by atoms with Crippen LogP contribution in [0.4, 0.5) is 10.1 Å². The van der Waals surface area contributed by atoms with Gasteiger partial charge in [0.1, 0.15) is 5.82 Å². The molecule has 0 spiro atoms. The van der Waals surface area contributed by atoms with E-state index in [9.17, 15) is 4.39 Å². The molecule has 1 N–H and O–H groups in total. The van der Waals surface area contributed by atoms with Gasteiger partial charge in [0.15, 0.2) is 0 Å². The van der Waals surface area contributed by atoms with Gasteiger partial charge in [-0.15, -0.1) is 0 Å². The average molecular weight is 343 g/mol. The first-order chi connectivity index (χ1) is 8.97. The highest BCUT2D eigenvalue weighted by atomic mass is 79.9. The predicted octanol–water partition coefficient (Wildman–Crippen LogP) is 5.72. The minimum atomic E-state index is -0.213. The first kappa shape index (κ1) is 14.4. The smallest absolute Gasteiger partial charge is 0.128 e. The molecular formula is C15H14BrClFN. The minimum absolute atomic E-state index is 0.127. The third-order valence-electron chi connectivity index (χ3n) is 2.99. The van der Waals surface area contributed by atoms with Crippen LogP contribution in [0.15, 0.2) is 40.9 Å². The van der Waals surface area contributed by atoms with Crippen molar-refractivity contribution >= 4 is 33.2 Å². The Labute approximate surface area is 125 Å². The van der Waals surface area contributed by atoms with Crippen molar-refractivity contribution in [2.24, 2.45) is 0 Å². The van der Waals surface area contributed by atoms with E-state index in [1.807, 2.05) is 32.0 Å². The minimum Gasteiger partial charge on any atom is -0.378 e. The van der Waals surface area contributed by atoms with Gasteiger partial charge in [0, 0.05) is 20.7 Å². The van der Waals surface area contributed by atoms with Gasteiger partial charge in [0.2, 0.25) is 0 Å². The fraction of sp³-hybridized carbons (Fsp3) is 0.200. The number of aryl methyl sites for hydroxylation is 1. The lowest BCUT2D eigenvalue weighted by molar-refractivity contribution is 0.600. The number of benzene rings is 2. The molecule has 100 valence electrons. The van der Waals surface area contributed by atoms with Gasteiger partial charge in [-0.3, -0.25) is 0 Å². The quantitative estimate of drug-likeness (QED) is 0.752. The molecule has 0 bridgehead atoms. The molecule has 2 rings (SSSR count). The molecule has 0 aromatic heterocycles. The highest BCUT2D eigenvalue weighted by Gasteiger charge is 2.12. The number of hydrogen-bond donors (Lipinski definition) is 1. The summed E-state index contributed by atoms with van der Waals surface area (Å²) in [6.07, 6.45) is 0. The summed E-state index contributed by atoms with van der Waals surface area (Å²) in [7, 11) is 0. The molecular weight excluding hydrogens is 329 g/mol. The fourth-order valence-corrected chi connectivity index (χ4v) is 2.55. The maximum absolute atomic E-state index is 13.8. The maximum Gasteiger partial charge on any atom is 0.128 e. The SMILES string of the molecule is Cc1cc(Cl)ccc1NC(C)c1cc(Br)ccc1F. The van der Waals surface area contributed by atoms with Crippen LogP contribution in [0.5, 0.6) is 0 Å². The van der Waals surface area contributed by atoms with Crippen LogP contribution < -0.4 is 5.32 Å². The van der Waals surface area contributed by atoms with E-state index in [2.05, 4.69) is 21.2 Å². The Kier molecular flexibility index (Phi) is 4.48. The molecule has 1 unspecified atom stereocenters. The summed E-state index contributed by atoms with van der Waals surface area (Å²) < 4.78 is 14.7. The number of anilines is 1. The first-order valence-electron chi connectivity index (χ1n) is 5.95. The zero-order chi connectivity index (χ0) is 14.0. The Morgan fingerprint density at radius 2 is 1.95 bits per heavy atom. The Balaban J connectivity index is 2.25. The molecule has 1 atom stereocenters. The van der Waals surface area contributed by atoms with E-state index < -0.39 is 0 Å². The lowest BCUT2D eigenvalue weighted by atomic mass is 10.1. The molecule has 2 aromatic rings. The molecule has 0 fully saturated rings. The average Bonchev–Trinajstić information content (AvgIpc) is 2.35. The second-order valence-corrected chi connectivity index (χ2v) is 5.84. The molecule has 2 aromatic carbocycles. The topological polar surface area (TPSA) is 12.0 Å². The van der Waals surface area contributed by atoms with E-state index in [0.29, 0.717) is 10.6 Å². The number of nitrogens with one attached hydrogen (secondary N) is 1. The fourth-order valence-electron chi connectivity index (χ4n) is 1.95. The van der Waals surface area contributed by atoms with Gasteiger partial charge >= 0.3 is 0 Å². The van der Waals surface area contributed by atoms with E-state index >= 15 is 0 Å². The summed E-state index contributed by atoms with van der Waals surface area (Å²) >= 11 is 9.28. The van der Waals surface area contributed by atoms with Crippen LogP contribution in [0.25, 0.3) is 0 Å². The molecule has 0 aliphatic carbocycles. The summed E-state index contributed by atoms with van der Waals surface area (Å²) in [6, 6.07) is 10.4. The molecule has 19 heavy (non-hydrogen) atoms. The largest absolute Gasteiger partial charge is 0.378 e. The number of halogens is 3. The van der Waals surface area contributed by atoms with Crippen molar-refractivity contribution in [3.63, 3.8) is 0 Å². The van der Waals surface area contributed by atoms with Crippen molar-refractivity contribution in [3.05, 3.63) is 62.8 Å². The highest BCUT2D eigenvalue weighted by molar-refractivity contribution is 9.10. The van der Waals surface area contributed by atoms with E-state index in [-0.39, 0.29) is 11.9 Å². The lowest BCUT2D eigenvalue weighted by Gasteiger charge is -2.18. The predicted molar refractivity (Wildman–Crippen MR) is 82.3 cm³/mol. The summed E-state index contributed by atoms with van der Waals surface area (Å²) in [5.41, 5.74) is 2.62. The van der Waals surface area contributed by atoms with Gasteiger partial charge in [-0.2, -0.15) is 0 Å². The highest BCUT2D eigenvalue weighted by Crippen LogP contribution is 2.27. The maximum atomic E-state index is 13.8. The number of rotatable bonds is 3. The molecule has 0 amide bonds. The summed E-state index contributed by atoms with van der Waals surface area (Å²) in [5.74, 6) is -0.213.